The van der Waals surface area contributed by atoms with Crippen LogP contribution in [-0.4, -0.2) is 47.5 Å². The molecule has 2 heterocycles. The summed E-state index contributed by atoms with van der Waals surface area (Å²) < 4.78 is 31.0. The monoisotopic (exact) mass is 468 g/mol. The largest absolute Gasteiger partial charge is 0.477 e. The maximum Gasteiger partial charge on any atom is 0.341 e. The van der Waals surface area contributed by atoms with Crippen molar-refractivity contribution in [1.82, 2.24) is 9.88 Å². The summed E-state index contributed by atoms with van der Waals surface area (Å²) in [6.07, 6.45) is 3.37. The van der Waals surface area contributed by atoms with Gasteiger partial charge in [-0.05, 0) is 44.7 Å². The number of nitrogens with one attached hydrogen (secondary N) is 1. The van der Waals surface area contributed by atoms with Crippen molar-refractivity contribution in [3.63, 3.8) is 0 Å². The number of carboxylic acid groups (broad SMARTS) is 1. The number of benzene rings is 1. The number of nitrogens with zero attached hydrogens (tertiary/aromatic N) is 2. The van der Waals surface area contributed by atoms with Gasteiger partial charge in [0.05, 0.1) is 28.3 Å². The summed E-state index contributed by atoms with van der Waals surface area (Å²) >= 11 is 0. The highest BCUT2D eigenvalue weighted by molar-refractivity contribution is 6.01. The lowest BCUT2D eigenvalue weighted by molar-refractivity contribution is 0.0694. The van der Waals surface area contributed by atoms with Crippen LogP contribution in [0.2, 0.25) is 0 Å². The van der Waals surface area contributed by atoms with Gasteiger partial charge in [-0.25, -0.2) is 13.6 Å². The molecular weight excluding hydrogens is 442 g/mol. The number of aryl methyl sites for hydroxylation is 1. The number of aromatic carboxylic acids is 1. The van der Waals surface area contributed by atoms with E-state index in [0.717, 1.165) is 19.3 Å². The number of rotatable bonds is 5. The van der Waals surface area contributed by atoms with Gasteiger partial charge in [0, 0.05) is 31.2 Å². The van der Waals surface area contributed by atoms with Crippen molar-refractivity contribution in [2.75, 3.05) is 30.8 Å². The van der Waals surface area contributed by atoms with Gasteiger partial charge in [-0.3, -0.25) is 4.79 Å². The lowest BCUT2D eigenvalue weighted by atomic mass is 9.96. The van der Waals surface area contributed by atoms with Crippen LogP contribution < -0.4 is 21.4 Å². The summed E-state index contributed by atoms with van der Waals surface area (Å²) in [5.41, 5.74) is 5.60. The van der Waals surface area contributed by atoms with Gasteiger partial charge in [0.1, 0.15) is 11.7 Å². The molecule has 4 N–H and O–H groups in total. The van der Waals surface area contributed by atoms with E-state index < -0.39 is 35.0 Å². The summed E-state index contributed by atoms with van der Waals surface area (Å²) in [7, 11) is 1.96. The van der Waals surface area contributed by atoms with Crippen molar-refractivity contribution in [3.8, 4) is 0 Å². The van der Waals surface area contributed by atoms with Crippen LogP contribution >= 0.6 is 12.4 Å². The Kier molecular flexibility index (Phi) is 5.40. The van der Waals surface area contributed by atoms with E-state index in [2.05, 4.69) is 5.32 Å². The van der Waals surface area contributed by atoms with Gasteiger partial charge in [0.15, 0.2) is 5.82 Å². The van der Waals surface area contributed by atoms with Gasteiger partial charge in [-0.2, -0.15) is 0 Å². The Morgan fingerprint density at radius 1 is 1.38 bits per heavy atom. The smallest absolute Gasteiger partial charge is 0.341 e. The normalized spacial score (nSPS) is 25.6. The molecule has 0 radical (unpaired) electrons. The van der Waals surface area contributed by atoms with E-state index in [1.165, 1.54) is 10.8 Å². The van der Waals surface area contributed by atoms with Gasteiger partial charge in [-0.15, -0.1) is 12.4 Å². The van der Waals surface area contributed by atoms with Crippen LogP contribution in [0.3, 0.4) is 0 Å². The standard InChI is InChI=1S/C22H26F2N4O3.ClH/c1-10-18-15(20(29)12(21(30)31)9-28(18)14-7-13(14)23)17(25)16(24)19(10)27-6-3-11(8-27)22(26-2)4-5-22;/h9,11,13-14,26H,3-8,25H2,1-2H3,(H,30,31);1H/t11?,13-,14-;/m1./s1. The van der Waals surface area contributed by atoms with Crippen LogP contribution in [0.5, 0.6) is 0 Å². The highest BCUT2D eigenvalue weighted by Gasteiger charge is 2.50. The predicted molar refractivity (Wildman–Crippen MR) is 121 cm³/mol. The summed E-state index contributed by atoms with van der Waals surface area (Å²) in [6, 6.07) is -0.581. The van der Waals surface area contributed by atoms with Gasteiger partial charge in [-0.1, -0.05) is 0 Å². The highest BCUT2D eigenvalue weighted by atomic mass is 35.5. The first-order valence-corrected chi connectivity index (χ1v) is 10.7. The Labute approximate surface area is 190 Å². The van der Waals surface area contributed by atoms with Crippen molar-refractivity contribution < 1.29 is 18.7 Å². The molecule has 5 rings (SSSR count). The van der Waals surface area contributed by atoms with E-state index in [1.807, 2.05) is 11.9 Å². The molecule has 1 aromatic heterocycles. The number of anilines is 2. The maximum absolute atomic E-state index is 15.6. The minimum atomic E-state index is -1.44. The zero-order valence-electron chi connectivity index (χ0n) is 18.0. The second-order valence-corrected chi connectivity index (χ2v) is 9.17. The van der Waals surface area contributed by atoms with Crippen LogP contribution in [0.1, 0.15) is 47.6 Å². The van der Waals surface area contributed by atoms with Gasteiger partial charge >= 0.3 is 5.97 Å². The lowest BCUT2D eigenvalue weighted by Gasteiger charge is -2.27. The molecule has 1 saturated heterocycles. The summed E-state index contributed by atoms with van der Waals surface area (Å²) in [5, 5.41) is 12.7. The zero-order chi connectivity index (χ0) is 22.2. The Morgan fingerprint density at radius 2 is 2.03 bits per heavy atom. The summed E-state index contributed by atoms with van der Waals surface area (Å²) in [5.74, 6) is -1.77. The van der Waals surface area contributed by atoms with Crippen LogP contribution in [0, 0.1) is 18.7 Å². The molecule has 0 spiro atoms. The van der Waals surface area contributed by atoms with Gasteiger partial charge < -0.3 is 25.6 Å². The first-order chi connectivity index (χ1) is 14.7. The molecule has 1 unspecified atom stereocenters. The lowest BCUT2D eigenvalue weighted by Crippen LogP contribution is -2.38. The fourth-order valence-corrected chi connectivity index (χ4v) is 5.42. The van der Waals surface area contributed by atoms with Crippen molar-refractivity contribution in [2.45, 2.75) is 50.4 Å². The van der Waals surface area contributed by atoms with E-state index >= 15 is 4.39 Å². The molecule has 10 heteroatoms. The molecular formula is C22H27ClF2N4O3. The number of nitrogen functional groups attached to an aromatic ring is 1. The van der Waals surface area contributed by atoms with E-state index in [-0.39, 0.29) is 35.4 Å². The minimum Gasteiger partial charge on any atom is -0.477 e. The molecule has 1 aromatic carbocycles. The SMILES string of the molecule is CNC1(C2CCN(c3c(F)c(N)c4c(=O)c(C(=O)O)cn([C@@H]5C[C@H]5F)c4c3C)C2)CC1.Cl. The van der Waals surface area contributed by atoms with Gasteiger partial charge in [0.25, 0.3) is 0 Å². The quantitative estimate of drug-likeness (QED) is 0.583. The van der Waals surface area contributed by atoms with Crippen molar-refractivity contribution in [2.24, 2.45) is 5.92 Å². The number of nitrogens with two attached hydrogens (primary N) is 1. The van der Waals surface area contributed by atoms with Crippen LogP contribution in [0.4, 0.5) is 20.2 Å². The average Bonchev–Trinajstić information content (AvgIpc) is 3.63. The van der Waals surface area contributed by atoms with Crippen LogP contribution in [0.15, 0.2) is 11.0 Å². The molecule has 0 bridgehead atoms. The average molecular weight is 469 g/mol. The third kappa shape index (κ3) is 3.16. The number of carbonyl (C=O) groups is 1. The molecule has 3 atom stereocenters. The molecule has 2 saturated carbocycles. The Morgan fingerprint density at radius 3 is 2.56 bits per heavy atom. The fourth-order valence-electron chi connectivity index (χ4n) is 5.42. The van der Waals surface area contributed by atoms with E-state index in [9.17, 15) is 19.1 Å². The van der Waals surface area contributed by atoms with Crippen molar-refractivity contribution in [1.29, 1.82) is 0 Å². The highest BCUT2D eigenvalue weighted by Crippen LogP contribution is 2.48. The molecule has 7 nitrogen and oxygen atoms in total. The number of aromatic nitrogens is 1. The van der Waals surface area contributed by atoms with Crippen LogP contribution in [-0.2, 0) is 0 Å². The minimum absolute atomic E-state index is 0. The zero-order valence-corrected chi connectivity index (χ0v) is 18.8. The number of pyridine rings is 1. The van der Waals surface area contributed by atoms with E-state index in [1.54, 1.807) is 6.92 Å². The number of alkyl halides is 1. The second-order valence-electron chi connectivity index (χ2n) is 9.17. The number of hydrogen-bond donors (Lipinski definition) is 3. The number of hydrogen-bond acceptors (Lipinski definition) is 5. The summed E-state index contributed by atoms with van der Waals surface area (Å²) in [4.78, 5) is 26.4. The molecule has 3 fully saturated rings. The molecule has 2 aromatic rings. The Hall–Kier alpha value is -2.39. The fraction of sp³-hybridized carbons (Fsp3) is 0.545. The summed E-state index contributed by atoms with van der Waals surface area (Å²) in [6.45, 7) is 3.02. The second kappa shape index (κ2) is 7.59. The number of halogens is 3. The topological polar surface area (TPSA) is 101 Å². The predicted octanol–water partition coefficient (Wildman–Crippen LogP) is 3.01. The molecule has 2 aliphatic carbocycles. The Bertz CT molecular complexity index is 1180. The Balaban J connectivity index is 0.00000245. The maximum atomic E-state index is 15.6. The van der Waals surface area contributed by atoms with E-state index in [4.69, 9.17) is 5.73 Å². The van der Waals surface area contributed by atoms with Crippen molar-refractivity contribution >= 4 is 40.7 Å². The molecule has 32 heavy (non-hydrogen) atoms. The third-order valence-electron chi connectivity index (χ3n) is 7.50. The first-order valence-electron chi connectivity index (χ1n) is 10.7. The van der Waals surface area contributed by atoms with Crippen LogP contribution in [0.25, 0.3) is 10.9 Å². The van der Waals surface area contributed by atoms with Gasteiger partial charge in [0.2, 0.25) is 5.43 Å². The number of fused-ring (bicyclic) bond motifs is 1. The molecule has 0 amide bonds. The molecule has 3 aliphatic rings. The molecule has 174 valence electrons. The third-order valence-corrected chi connectivity index (χ3v) is 7.50. The number of carboxylic acids is 1. The van der Waals surface area contributed by atoms with Crippen molar-refractivity contribution in [3.05, 3.63) is 33.4 Å². The first kappa shape index (κ1) is 22.8. The van der Waals surface area contributed by atoms with E-state index in [0.29, 0.717) is 35.8 Å². The molecule has 1 aliphatic heterocycles.